The number of likely N-dealkylation sites (tertiary alicyclic amines) is 2. The minimum atomic E-state index is -4.18. The molecule has 4 fully saturated rings. The van der Waals surface area contributed by atoms with Gasteiger partial charge in [0.1, 0.15) is 0 Å². The van der Waals surface area contributed by atoms with Crippen molar-refractivity contribution in [2.45, 2.75) is 63.3 Å². The van der Waals surface area contributed by atoms with E-state index in [2.05, 4.69) is 11.8 Å². The lowest BCUT2D eigenvalue weighted by atomic mass is 9.54. The number of rotatable bonds is 5. The van der Waals surface area contributed by atoms with E-state index < -0.39 is 18.8 Å². The van der Waals surface area contributed by atoms with Crippen LogP contribution in [0.25, 0.3) is 0 Å². The second kappa shape index (κ2) is 7.89. The Morgan fingerprint density at radius 1 is 1.21 bits per heavy atom. The quantitative estimate of drug-likeness (QED) is 0.743. The molecule has 0 bridgehead atoms. The summed E-state index contributed by atoms with van der Waals surface area (Å²) in [6.07, 6.45) is -0.516. The zero-order valence-electron chi connectivity index (χ0n) is 17.0. The average Bonchev–Trinajstić information content (AvgIpc) is 3.05. The Hall–Kier alpha value is -1.06. The third-order valence-corrected chi connectivity index (χ3v) is 7.85. The molecule has 4 rings (SSSR count). The molecule has 4 aliphatic rings. The van der Waals surface area contributed by atoms with E-state index in [4.69, 9.17) is 4.74 Å². The van der Waals surface area contributed by atoms with E-state index >= 15 is 0 Å². The van der Waals surface area contributed by atoms with E-state index in [1.54, 1.807) is 9.80 Å². The van der Waals surface area contributed by atoms with Crippen LogP contribution in [-0.4, -0.2) is 96.1 Å². The molecule has 3 heterocycles. The molecule has 0 aromatic heterocycles. The maximum atomic E-state index is 13.1. The lowest BCUT2D eigenvalue weighted by Gasteiger charge is -2.58. The van der Waals surface area contributed by atoms with E-state index in [1.165, 1.54) is 0 Å². The van der Waals surface area contributed by atoms with Gasteiger partial charge in [-0.25, -0.2) is 4.79 Å². The van der Waals surface area contributed by atoms with Crippen molar-refractivity contribution in [2.75, 3.05) is 45.9 Å². The Morgan fingerprint density at radius 2 is 1.90 bits per heavy atom. The number of carboxylic acid groups (broad SMARTS) is 1. The molecule has 1 aliphatic carbocycles. The molecule has 0 radical (unpaired) electrons. The van der Waals surface area contributed by atoms with E-state index in [1.807, 2.05) is 0 Å². The number of amides is 1. The van der Waals surface area contributed by atoms with Crippen LogP contribution in [0.4, 0.5) is 18.0 Å². The van der Waals surface area contributed by atoms with Gasteiger partial charge >= 0.3 is 12.3 Å². The van der Waals surface area contributed by atoms with Gasteiger partial charge in [0.15, 0.2) is 0 Å². The van der Waals surface area contributed by atoms with Gasteiger partial charge in [-0.2, -0.15) is 13.2 Å². The number of piperidine rings is 1. The first-order chi connectivity index (χ1) is 13.7. The van der Waals surface area contributed by atoms with Crippen LogP contribution in [0.5, 0.6) is 0 Å². The van der Waals surface area contributed by atoms with Gasteiger partial charge in [0.2, 0.25) is 0 Å². The minimum absolute atomic E-state index is 0.0372. The summed E-state index contributed by atoms with van der Waals surface area (Å²) >= 11 is 0. The maximum Gasteiger partial charge on any atom is 0.407 e. The number of alkyl halides is 3. The average molecular weight is 419 g/mol. The van der Waals surface area contributed by atoms with Crippen molar-refractivity contribution in [3.05, 3.63) is 0 Å². The monoisotopic (exact) mass is 419 g/mol. The van der Waals surface area contributed by atoms with E-state index in [-0.39, 0.29) is 17.5 Å². The van der Waals surface area contributed by atoms with Crippen LogP contribution in [0.2, 0.25) is 0 Å². The number of halogens is 3. The van der Waals surface area contributed by atoms with Crippen LogP contribution in [0.1, 0.15) is 39.0 Å². The summed E-state index contributed by atoms with van der Waals surface area (Å²) in [4.78, 5) is 16.9. The van der Waals surface area contributed by atoms with Crippen LogP contribution >= 0.6 is 0 Å². The summed E-state index contributed by atoms with van der Waals surface area (Å²) in [5.74, 6) is 0.481. The summed E-state index contributed by atoms with van der Waals surface area (Å²) in [5.41, 5.74) is 0.111. The van der Waals surface area contributed by atoms with Crippen LogP contribution in [0.15, 0.2) is 0 Å². The highest BCUT2D eigenvalue weighted by Gasteiger charge is 2.58. The zero-order chi connectivity index (χ0) is 20.8. The Kier molecular flexibility index (Phi) is 5.76. The normalized spacial score (nSPS) is 34.6. The highest BCUT2D eigenvalue weighted by Crippen LogP contribution is 2.56. The molecule has 29 heavy (non-hydrogen) atoms. The number of carbonyl (C=O) groups is 1. The standard InChI is InChI=1S/C20H32F3N3O3/c1-2-16-17(9-19(16)5-8-25(12-19)18(27)28)24-6-3-14(4-7-24)26(13-20(21,22)23)15-10-29-11-15/h14-17H,2-13H2,1H3,(H,27,28). The van der Waals surface area contributed by atoms with Gasteiger partial charge in [-0.05, 0) is 50.1 Å². The molecule has 1 saturated carbocycles. The van der Waals surface area contributed by atoms with Crippen molar-refractivity contribution < 1.29 is 27.8 Å². The first-order valence-electron chi connectivity index (χ1n) is 10.8. The van der Waals surface area contributed by atoms with Crippen LogP contribution in [0.3, 0.4) is 0 Å². The Balaban J connectivity index is 1.33. The largest absolute Gasteiger partial charge is 0.465 e. The fourth-order valence-corrected chi connectivity index (χ4v) is 6.30. The van der Waals surface area contributed by atoms with Crippen LogP contribution in [-0.2, 0) is 4.74 Å². The third kappa shape index (κ3) is 4.10. The van der Waals surface area contributed by atoms with E-state index in [0.717, 1.165) is 45.2 Å². The fourth-order valence-electron chi connectivity index (χ4n) is 6.30. The molecule has 3 aliphatic heterocycles. The molecule has 1 amide bonds. The molecular formula is C20H32F3N3O3. The molecule has 0 aromatic rings. The summed E-state index contributed by atoms with van der Waals surface area (Å²) in [6, 6.07) is 0.298. The van der Waals surface area contributed by atoms with Gasteiger partial charge in [0.25, 0.3) is 0 Å². The number of hydrogen-bond acceptors (Lipinski definition) is 4. The predicted octanol–water partition coefficient (Wildman–Crippen LogP) is 2.88. The first-order valence-corrected chi connectivity index (χ1v) is 10.8. The smallest absolute Gasteiger partial charge is 0.407 e. The summed E-state index contributed by atoms with van der Waals surface area (Å²) in [7, 11) is 0. The van der Waals surface area contributed by atoms with E-state index in [9.17, 15) is 23.1 Å². The summed E-state index contributed by atoms with van der Waals surface area (Å²) in [5, 5.41) is 9.29. The molecule has 166 valence electrons. The molecule has 6 nitrogen and oxygen atoms in total. The van der Waals surface area contributed by atoms with Gasteiger partial charge in [-0.3, -0.25) is 9.80 Å². The summed E-state index contributed by atoms with van der Waals surface area (Å²) < 4.78 is 44.3. The number of ether oxygens (including phenoxy) is 1. The fraction of sp³-hybridized carbons (Fsp3) is 0.950. The van der Waals surface area contributed by atoms with Gasteiger partial charge in [0.05, 0.1) is 25.8 Å². The van der Waals surface area contributed by atoms with Crippen molar-refractivity contribution in [1.82, 2.24) is 14.7 Å². The highest BCUT2D eigenvalue weighted by atomic mass is 19.4. The molecule has 9 heteroatoms. The Bertz CT molecular complexity index is 608. The Labute approximate surface area is 169 Å². The molecular weight excluding hydrogens is 387 g/mol. The van der Waals surface area contributed by atoms with E-state index in [0.29, 0.717) is 38.3 Å². The van der Waals surface area contributed by atoms with Crippen molar-refractivity contribution in [1.29, 1.82) is 0 Å². The molecule has 3 unspecified atom stereocenters. The molecule has 3 saturated heterocycles. The SMILES string of the molecule is CCC1C(N2CCC(N(CC(F)(F)F)C3COC3)CC2)CC12CCN(C(=O)O)C2. The molecule has 1 N–H and O–H groups in total. The maximum absolute atomic E-state index is 13.1. The number of hydrogen-bond donors (Lipinski definition) is 1. The first kappa shape index (κ1) is 21.2. The van der Waals surface area contributed by atoms with Gasteiger partial charge in [-0.1, -0.05) is 13.3 Å². The Morgan fingerprint density at radius 3 is 2.38 bits per heavy atom. The van der Waals surface area contributed by atoms with Crippen LogP contribution in [0, 0.1) is 11.3 Å². The van der Waals surface area contributed by atoms with Gasteiger partial charge in [0, 0.05) is 25.2 Å². The molecule has 3 atom stereocenters. The van der Waals surface area contributed by atoms with Crippen LogP contribution < -0.4 is 0 Å². The van der Waals surface area contributed by atoms with Gasteiger partial charge in [-0.15, -0.1) is 0 Å². The van der Waals surface area contributed by atoms with Crippen molar-refractivity contribution in [3.63, 3.8) is 0 Å². The summed E-state index contributed by atoms with van der Waals surface area (Å²) in [6.45, 7) is 5.04. The minimum Gasteiger partial charge on any atom is -0.465 e. The second-order valence-corrected chi connectivity index (χ2v) is 9.35. The molecule has 0 aromatic carbocycles. The third-order valence-electron chi connectivity index (χ3n) is 7.85. The topological polar surface area (TPSA) is 56.2 Å². The lowest BCUT2D eigenvalue weighted by Crippen LogP contribution is -2.63. The highest BCUT2D eigenvalue weighted by molar-refractivity contribution is 5.65. The predicted molar refractivity (Wildman–Crippen MR) is 101 cm³/mol. The lowest BCUT2D eigenvalue weighted by molar-refractivity contribution is -0.182. The van der Waals surface area contributed by atoms with Crippen molar-refractivity contribution in [3.8, 4) is 0 Å². The van der Waals surface area contributed by atoms with Crippen molar-refractivity contribution in [2.24, 2.45) is 11.3 Å². The second-order valence-electron chi connectivity index (χ2n) is 9.35. The number of nitrogens with zero attached hydrogens (tertiary/aromatic N) is 3. The molecule has 1 spiro atoms. The van der Waals surface area contributed by atoms with Gasteiger partial charge < -0.3 is 14.7 Å². The zero-order valence-corrected chi connectivity index (χ0v) is 17.0. The van der Waals surface area contributed by atoms with Crippen molar-refractivity contribution >= 4 is 6.09 Å².